The summed E-state index contributed by atoms with van der Waals surface area (Å²) in [6.45, 7) is 9.25. The average Bonchev–Trinajstić information content (AvgIpc) is 2.11. The molecule has 4 atom stereocenters. The van der Waals surface area contributed by atoms with Crippen LogP contribution in [-0.2, 0) is 0 Å². The van der Waals surface area contributed by atoms with Crippen molar-refractivity contribution in [2.24, 2.45) is 23.5 Å². The fourth-order valence-corrected chi connectivity index (χ4v) is 2.80. The maximum atomic E-state index is 6.52. The molecule has 1 fully saturated rings. The van der Waals surface area contributed by atoms with Gasteiger partial charge in [0, 0.05) is 5.54 Å². The molecule has 0 radical (unpaired) electrons. The van der Waals surface area contributed by atoms with Crippen LogP contribution >= 0.6 is 0 Å². The lowest BCUT2D eigenvalue weighted by atomic mass is 9.64. The van der Waals surface area contributed by atoms with Gasteiger partial charge in [0.15, 0.2) is 0 Å². The Morgan fingerprint density at radius 1 is 1.46 bits per heavy atom. The second kappa shape index (κ2) is 4.00. The molecule has 0 bridgehead atoms. The molecule has 0 amide bonds. The van der Waals surface area contributed by atoms with E-state index in [1.165, 1.54) is 25.7 Å². The lowest BCUT2D eigenvalue weighted by Gasteiger charge is -2.46. The predicted molar refractivity (Wildman–Crippen MR) is 58.6 cm³/mol. The molecule has 0 spiro atoms. The summed E-state index contributed by atoms with van der Waals surface area (Å²) in [6, 6.07) is 0. The highest BCUT2D eigenvalue weighted by atomic mass is 14.8. The first-order valence-corrected chi connectivity index (χ1v) is 5.79. The van der Waals surface area contributed by atoms with Crippen molar-refractivity contribution in [2.45, 2.75) is 58.9 Å². The average molecular weight is 183 g/mol. The first-order chi connectivity index (χ1) is 6.00. The smallest absolute Gasteiger partial charge is 0.0206 e. The number of hydrogen-bond acceptors (Lipinski definition) is 1. The Hall–Kier alpha value is -0.0400. The second-order valence-electron chi connectivity index (χ2n) is 5.20. The number of rotatable bonds is 2. The topological polar surface area (TPSA) is 26.0 Å². The SMILES string of the molecule is CCC(C)C1(N)CCC(C)CC1C. The summed E-state index contributed by atoms with van der Waals surface area (Å²) in [4.78, 5) is 0. The maximum Gasteiger partial charge on any atom is 0.0206 e. The Kier molecular flexibility index (Phi) is 3.39. The van der Waals surface area contributed by atoms with Crippen LogP contribution in [0.3, 0.4) is 0 Å². The molecule has 0 aliphatic heterocycles. The Labute approximate surface area is 83.1 Å². The van der Waals surface area contributed by atoms with Gasteiger partial charge in [-0.3, -0.25) is 0 Å². The van der Waals surface area contributed by atoms with Crippen molar-refractivity contribution in [3.05, 3.63) is 0 Å². The maximum absolute atomic E-state index is 6.52. The van der Waals surface area contributed by atoms with Crippen LogP contribution < -0.4 is 5.73 Å². The van der Waals surface area contributed by atoms with Crippen molar-refractivity contribution >= 4 is 0 Å². The van der Waals surface area contributed by atoms with Gasteiger partial charge in [0.05, 0.1) is 0 Å². The summed E-state index contributed by atoms with van der Waals surface area (Å²) < 4.78 is 0. The first kappa shape index (κ1) is 11.0. The van der Waals surface area contributed by atoms with Crippen LogP contribution in [0.4, 0.5) is 0 Å². The van der Waals surface area contributed by atoms with Crippen LogP contribution in [0.2, 0.25) is 0 Å². The van der Waals surface area contributed by atoms with Gasteiger partial charge >= 0.3 is 0 Å². The van der Waals surface area contributed by atoms with Crippen molar-refractivity contribution in [2.75, 3.05) is 0 Å². The van der Waals surface area contributed by atoms with Gasteiger partial charge in [-0.1, -0.05) is 34.1 Å². The molecule has 1 rings (SSSR count). The van der Waals surface area contributed by atoms with E-state index in [9.17, 15) is 0 Å². The van der Waals surface area contributed by atoms with Crippen molar-refractivity contribution < 1.29 is 0 Å². The highest BCUT2D eigenvalue weighted by molar-refractivity contribution is 4.96. The van der Waals surface area contributed by atoms with Crippen LogP contribution in [0.25, 0.3) is 0 Å². The third kappa shape index (κ3) is 2.07. The van der Waals surface area contributed by atoms with Crippen LogP contribution in [0.15, 0.2) is 0 Å². The molecule has 0 saturated heterocycles. The molecule has 1 aliphatic carbocycles. The molecule has 0 aromatic carbocycles. The van der Waals surface area contributed by atoms with E-state index in [-0.39, 0.29) is 5.54 Å². The monoisotopic (exact) mass is 183 g/mol. The van der Waals surface area contributed by atoms with E-state index in [1.54, 1.807) is 0 Å². The molecule has 0 heterocycles. The molecule has 13 heavy (non-hydrogen) atoms. The third-order valence-electron chi connectivity index (χ3n) is 4.27. The zero-order valence-electron chi connectivity index (χ0n) is 9.64. The molecule has 1 aliphatic rings. The molecule has 0 aromatic heterocycles. The quantitative estimate of drug-likeness (QED) is 0.699. The van der Waals surface area contributed by atoms with Crippen molar-refractivity contribution in [1.29, 1.82) is 0 Å². The van der Waals surface area contributed by atoms with Gasteiger partial charge in [0.1, 0.15) is 0 Å². The Balaban J connectivity index is 2.67. The van der Waals surface area contributed by atoms with Gasteiger partial charge < -0.3 is 5.73 Å². The summed E-state index contributed by atoms with van der Waals surface area (Å²) in [6.07, 6.45) is 5.09. The third-order valence-corrected chi connectivity index (χ3v) is 4.27. The van der Waals surface area contributed by atoms with Crippen LogP contribution in [0.1, 0.15) is 53.4 Å². The van der Waals surface area contributed by atoms with Crippen molar-refractivity contribution in [1.82, 2.24) is 0 Å². The minimum atomic E-state index is 0.126. The summed E-state index contributed by atoms with van der Waals surface area (Å²) in [7, 11) is 0. The molecule has 1 saturated carbocycles. The fourth-order valence-electron chi connectivity index (χ4n) is 2.80. The molecule has 78 valence electrons. The first-order valence-electron chi connectivity index (χ1n) is 5.79. The van der Waals surface area contributed by atoms with E-state index in [2.05, 4.69) is 27.7 Å². The van der Waals surface area contributed by atoms with E-state index >= 15 is 0 Å². The van der Waals surface area contributed by atoms with E-state index in [0.717, 1.165) is 5.92 Å². The Bertz CT molecular complexity index is 167. The summed E-state index contributed by atoms with van der Waals surface area (Å²) >= 11 is 0. The zero-order valence-corrected chi connectivity index (χ0v) is 9.64. The van der Waals surface area contributed by atoms with E-state index in [4.69, 9.17) is 5.73 Å². The van der Waals surface area contributed by atoms with E-state index in [0.29, 0.717) is 11.8 Å². The van der Waals surface area contributed by atoms with Crippen molar-refractivity contribution in [3.63, 3.8) is 0 Å². The van der Waals surface area contributed by atoms with Gasteiger partial charge in [0.25, 0.3) is 0 Å². The lowest BCUT2D eigenvalue weighted by molar-refractivity contribution is 0.107. The fraction of sp³-hybridized carbons (Fsp3) is 1.00. The molecular weight excluding hydrogens is 158 g/mol. The lowest BCUT2D eigenvalue weighted by Crippen LogP contribution is -2.54. The van der Waals surface area contributed by atoms with Crippen molar-refractivity contribution in [3.8, 4) is 0 Å². The standard InChI is InChI=1S/C12H25N/c1-5-10(3)12(13)7-6-9(2)8-11(12)4/h9-11H,5-8,13H2,1-4H3. The normalized spacial score (nSPS) is 43.2. The number of hydrogen-bond donors (Lipinski definition) is 1. The van der Waals surface area contributed by atoms with Gasteiger partial charge in [-0.15, -0.1) is 0 Å². The summed E-state index contributed by atoms with van der Waals surface area (Å²) in [5.41, 5.74) is 6.65. The van der Waals surface area contributed by atoms with E-state index < -0.39 is 0 Å². The van der Waals surface area contributed by atoms with Crippen LogP contribution in [-0.4, -0.2) is 5.54 Å². The molecule has 4 unspecified atom stereocenters. The zero-order chi connectivity index (χ0) is 10.1. The highest BCUT2D eigenvalue weighted by Gasteiger charge is 2.39. The van der Waals surface area contributed by atoms with Gasteiger partial charge in [-0.25, -0.2) is 0 Å². The number of nitrogens with two attached hydrogens (primary N) is 1. The predicted octanol–water partition coefficient (Wildman–Crippen LogP) is 3.19. The minimum absolute atomic E-state index is 0.126. The van der Waals surface area contributed by atoms with E-state index in [1.807, 2.05) is 0 Å². The molecule has 0 aromatic rings. The minimum Gasteiger partial charge on any atom is -0.325 e. The summed E-state index contributed by atoms with van der Waals surface area (Å²) in [5, 5.41) is 0. The van der Waals surface area contributed by atoms with Crippen LogP contribution in [0, 0.1) is 17.8 Å². The highest BCUT2D eigenvalue weighted by Crippen LogP contribution is 2.40. The molecular formula is C12H25N. The van der Waals surface area contributed by atoms with Gasteiger partial charge in [-0.05, 0) is 37.0 Å². The largest absolute Gasteiger partial charge is 0.325 e. The summed E-state index contributed by atoms with van der Waals surface area (Å²) in [5.74, 6) is 2.26. The molecule has 2 N–H and O–H groups in total. The second-order valence-corrected chi connectivity index (χ2v) is 5.20. The van der Waals surface area contributed by atoms with Gasteiger partial charge in [0.2, 0.25) is 0 Å². The molecule has 1 heteroatoms. The molecule has 1 nitrogen and oxygen atoms in total. The van der Waals surface area contributed by atoms with Crippen LogP contribution in [0.5, 0.6) is 0 Å². The Morgan fingerprint density at radius 2 is 2.08 bits per heavy atom. The Morgan fingerprint density at radius 3 is 2.54 bits per heavy atom. The van der Waals surface area contributed by atoms with Gasteiger partial charge in [-0.2, -0.15) is 0 Å².